The minimum Gasteiger partial charge on any atom is -0.394 e. The van der Waals surface area contributed by atoms with Gasteiger partial charge in [0.15, 0.2) is 0 Å². The van der Waals surface area contributed by atoms with Gasteiger partial charge < -0.3 is 20.8 Å². The van der Waals surface area contributed by atoms with Crippen LogP contribution in [0.4, 0.5) is 0 Å². The highest BCUT2D eigenvalue weighted by Gasteiger charge is 2.28. The van der Waals surface area contributed by atoms with Crippen molar-refractivity contribution in [3.05, 3.63) is 34.3 Å². The van der Waals surface area contributed by atoms with E-state index in [2.05, 4.69) is 26.6 Å². The quantitative estimate of drug-likeness (QED) is 0.567. The molecule has 0 spiro atoms. The molecular weight excluding hydrogens is 340 g/mol. The maximum atomic E-state index is 11.9. The van der Waals surface area contributed by atoms with Crippen molar-refractivity contribution in [2.45, 2.75) is 18.9 Å². The summed E-state index contributed by atoms with van der Waals surface area (Å²) in [7, 11) is 0. The SMILES string of the molecule is CCC(CO)(CO)NC(=O)CNC(=O)c1ccccc1Br. The van der Waals surface area contributed by atoms with Crippen LogP contribution in [0, 0.1) is 0 Å². The largest absolute Gasteiger partial charge is 0.394 e. The number of aliphatic hydroxyl groups excluding tert-OH is 2. The van der Waals surface area contributed by atoms with E-state index in [-0.39, 0.29) is 25.7 Å². The average Bonchev–Trinajstić information content (AvgIpc) is 2.51. The number of aliphatic hydroxyl groups is 2. The van der Waals surface area contributed by atoms with E-state index >= 15 is 0 Å². The molecular formula is C14H19BrN2O4. The molecule has 1 aromatic rings. The van der Waals surface area contributed by atoms with E-state index in [1.807, 2.05) is 0 Å². The third-order valence-corrected chi connectivity index (χ3v) is 3.91. The van der Waals surface area contributed by atoms with Crippen LogP contribution in [0.2, 0.25) is 0 Å². The van der Waals surface area contributed by atoms with Gasteiger partial charge in [0.2, 0.25) is 5.91 Å². The minimum absolute atomic E-state index is 0.234. The first-order valence-electron chi connectivity index (χ1n) is 6.53. The predicted molar refractivity (Wildman–Crippen MR) is 81.8 cm³/mol. The molecule has 0 heterocycles. The Morgan fingerprint density at radius 3 is 2.38 bits per heavy atom. The van der Waals surface area contributed by atoms with Crippen LogP contribution in [0.3, 0.4) is 0 Å². The highest BCUT2D eigenvalue weighted by molar-refractivity contribution is 9.10. The number of carbonyl (C=O) groups is 2. The lowest BCUT2D eigenvalue weighted by molar-refractivity contribution is -0.123. The number of amides is 2. The third-order valence-electron chi connectivity index (χ3n) is 3.21. The summed E-state index contributed by atoms with van der Waals surface area (Å²) in [5.74, 6) is -0.854. The molecule has 0 saturated carbocycles. The van der Waals surface area contributed by atoms with Gasteiger partial charge in [-0.3, -0.25) is 9.59 Å². The normalized spacial score (nSPS) is 11.0. The molecule has 0 aromatic heterocycles. The van der Waals surface area contributed by atoms with Crippen LogP contribution in [0.1, 0.15) is 23.7 Å². The van der Waals surface area contributed by atoms with Crippen LogP contribution in [0.15, 0.2) is 28.7 Å². The number of carbonyl (C=O) groups excluding carboxylic acids is 2. The van der Waals surface area contributed by atoms with Gasteiger partial charge in [-0.1, -0.05) is 19.1 Å². The second kappa shape index (κ2) is 8.11. The van der Waals surface area contributed by atoms with Crippen molar-refractivity contribution >= 4 is 27.7 Å². The Kier molecular flexibility index (Phi) is 6.80. The molecule has 0 fully saturated rings. The fourth-order valence-corrected chi connectivity index (χ4v) is 2.15. The second-order valence-electron chi connectivity index (χ2n) is 4.66. The van der Waals surface area contributed by atoms with Gasteiger partial charge in [0, 0.05) is 4.47 Å². The first kappa shape index (κ1) is 17.6. The number of benzene rings is 1. The smallest absolute Gasteiger partial charge is 0.252 e. The third kappa shape index (κ3) is 4.80. The molecule has 6 nitrogen and oxygen atoms in total. The molecule has 1 rings (SSSR count). The summed E-state index contributed by atoms with van der Waals surface area (Å²) in [5, 5.41) is 23.5. The molecule has 2 amide bonds. The van der Waals surface area contributed by atoms with E-state index in [0.717, 1.165) is 0 Å². The fraction of sp³-hybridized carbons (Fsp3) is 0.429. The van der Waals surface area contributed by atoms with Crippen molar-refractivity contribution < 1.29 is 19.8 Å². The first-order valence-corrected chi connectivity index (χ1v) is 7.32. The molecule has 116 valence electrons. The van der Waals surface area contributed by atoms with Crippen molar-refractivity contribution in [2.75, 3.05) is 19.8 Å². The number of nitrogens with one attached hydrogen (secondary N) is 2. The summed E-state index contributed by atoms with van der Waals surface area (Å²) in [6, 6.07) is 6.87. The van der Waals surface area contributed by atoms with Crippen molar-refractivity contribution in [3.8, 4) is 0 Å². The predicted octanol–water partition coefficient (Wildman–Crippen LogP) is 0.429. The van der Waals surface area contributed by atoms with Gasteiger partial charge in [0.1, 0.15) is 0 Å². The number of hydrogen-bond acceptors (Lipinski definition) is 4. The van der Waals surface area contributed by atoms with Crippen LogP contribution in [-0.2, 0) is 4.79 Å². The zero-order valence-electron chi connectivity index (χ0n) is 11.7. The lowest BCUT2D eigenvalue weighted by Crippen LogP contribution is -2.55. The molecule has 21 heavy (non-hydrogen) atoms. The Balaban J connectivity index is 2.57. The van der Waals surface area contributed by atoms with E-state index < -0.39 is 11.4 Å². The molecule has 4 N–H and O–H groups in total. The van der Waals surface area contributed by atoms with Gasteiger partial charge in [0.25, 0.3) is 5.91 Å². The van der Waals surface area contributed by atoms with Crippen LogP contribution in [0.25, 0.3) is 0 Å². The molecule has 0 aliphatic carbocycles. The number of hydrogen-bond donors (Lipinski definition) is 4. The molecule has 0 atom stereocenters. The van der Waals surface area contributed by atoms with Crippen molar-refractivity contribution in [2.24, 2.45) is 0 Å². The summed E-state index contributed by atoms with van der Waals surface area (Å²) in [6.45, 7) is 0.766. The van der Waals surface area contributed by atoms with Crippen LogP contribution < -0.4 is 10.6 Å². The van der Waals surface area contributed by atoms with Crippen LogP contribution in [0.5, 0.6) is 0 Å². The number of rotatable bonds is 7. The van der Waals surface area contributed by atoms with Crippen LogP contribution >= 0.6 is 15.9 Å². The summed E-state index contributed by atoms with van der Waals surface area (Å²) >= 11 is 3.26. The Morgan fingerprint density at radius 2 is 1.86 bits per heavy atom. The average molecular weight is 359 g/mol. The van der Waals surface area contributed by atoms with E-state index in [0.29, 0.717) is 16.5 Å². The molecule has 0 radical (unpaired) electrons. The Hall–Kier alpha value is -1.44. The Bertz CT molecular complexity index is 495. The number of halogens is 1. The summed E-state index contributed by atoms with van der Waals surface area (Å²) < 4.78 is 0.636. The van der Waals surface area contributed by atoms with Crippen LogP contribution in [-0.4, -0.2) is 47.3 Å². The zero-order chi connectivity index (χ0) is 15.9. The molecule has 0 bridgehead atoms. The lowest BCUT2D eigenvalue weighted by Gasteiger charge is -2.29. The van der Waals surface area contributed by atoms with E-state index in [1.54, 1.807) is 31.2 Å². The van der Waals surface area contributed by atoms with Gasteiger partial charge in [0.05, 0.1) is 30.9 Å². The lowest BCUT2D eigenvalue weighted by atomic mass is 9.98. The summed E-state index contributed by atoms with van der Waals surface area (Å²) in [4.78, 5) is 23.7. The van der Waals surface area contributed by atoms with Gasteiger partial charge in [-0.25, -0.2) is 0 Å². The second-order valence-corrected chi connectivity index (χ2v) is 5.52. The monoisotopic (exact) mass is 358 g/mol. The van der Waals surface area contributed by atoms with E-state index in [1.165, 1.54) is 0 Å². The molecule has 0 unspecified atom stereocenters. The molecule has 0 aliphatic heterocycles. The Morgan fingerprint density at radius 1 is 1.24 bits per heavy atom. The molecule has 1 aromatic carbocycles. The summed E-state index contributed by atoms with van der Waals surface area (Å²) in [6.07, 6.45) is 0.379. The topological polar surface area (TPSA) is 98.7 Å². The maximum absolute atomic E-state index is 11.9. The highest BCUT2D eigenvalue weighted by atomic mass is 79.9. The van der Waals surface area contributed by atoms with E-state index in [9.17, 15) is 19.8 Å². The Labute approximate surface area is 131 Å². The standard InChI is InChI=1S/C14H19BrN2O4/c1-2-14(8-18,9-19)17-12(20)7-16-13(21)10-5-3-4-6-11(10)15/h3-6,18-19H,2,7-9H2,1H3,(H,16,21)(H,17,20). The zero-order valence-corrected chi connectivity index (χ0v) is 13.3. The van der Waals surface area contributed by atoms with Crippen molar-refractivity contribution in [3.63, 3.8) is 0 Å². The minimum atomic E-state index is -1.06. The molecule has 0 saturated heterocycles. The van der Waals surface area contributed by atoms with Gasteiger partial charge in [-0.05, 0) is 34.5 Å². The first-order chi connectivity index (χ1) is 9.98. The van der Waals surface area contributed by atoms with Crippen molar-refractivity contribution in [1.82, 2.24) is 10.6 Å². The van der Waals surface area contributed by atoms with Gasteiger partial charge in [-0.2, -0.15) is 0 Å². The van der Waals surface area contributed by atoms with Gasteiger partial charge >= 0.3 is 0 Å². The van der Waals surface area contributed by atoms with E-state index in [4.69, 9.17) is 0 Å². The fourth-order valence-electron chi connectivity index (χ4n) is 1.68. The van der Waals surface area contributed by atoms with Gasteiger partial charge in [-0.15, -0.1) is 0 Å². The summed E-state index contributed by atoms with van der Waals surface area (Å²) in [5.41, 5.74) is -0.633. The highest BCUT2D eigenvalue weighted by Crippen LogP contribution is 2.15. The molecule has 0 aliphatic rings. The molecule has 7 heteroatoms. The maximum Gasteiger partial charge on any atom is 0.252 e. The van der Waals surface area contributed by atoms with Crippen molar-refractivity contribution in [1.29, 1.82) is 0 Å².